The summed E-state index contributed by atoms with van der Waals surface area (Å²) in [6.07, 6.45) is 18.5. The molecule has 0 aliphatic heterocycles. The molecule has 1 rings (SSSR count). The van der Waals surface area contributed by atoms with Crippen LogP contribution in [-0.2, 0) is 6.54 Å². The molecule has 0 aliphatic carbocycles. The highest BCUT2D eigenvalue weighted by molar-refractivity contribution is 5.47. The monoisotopic (exact) mass is 357 g/mol. The highest BCUT2D eigenvalue weighted by atomic mass is 15.1. The van der Waals surface area contributed by atoms with Crippen LogP contribution in [0.2, 0.25) is 0 Å². The normalized spacial score (nSPS) is 11.2. The van der Waals surface area contributed by atoms with Crippen LogP contribution in [-0.4, -0.2) is 18.0 Å². The molecule has 0 N–H and O–H groups in total. The van der Waals surface area contributed by atoms with E-state index in [1.54, 1.807) is 0 Å². The van der Waals surface area contributed by atoms with Crippen molar-refractivity contribution in [3.8, 4) is 0 Å². The van der Waals surface area contributed by atoms with Crippen molar-refractivity contribution in [2.45, 2.75) is 97.4 Å². The first-order chi connectivity index (χ1) is 12.8. The summed E-state index contributed by atoms with van der Waals surface area (Å²) in [5.74, 6) is 0. The number of hydrogen-bond donors (Lipinski definition) is 0. The van der Waals surface area contributed by atoms with E-state index in [2.05, 4.69) is 49.6 Å². The van der Waals surface area contributed by atoms with Gasteiger partial charge in [-0.1, -0.05) is 115 Å². The van der Waals surface area contributed by atoms with Gasteiger partial charge in [-0.2, -0.15) is 0 Å². The van der Waals surface area contributed by atoms with Gasteiger partial charge in [0.1, 0.15) is 0 Å². The molecule has 0 fully saturated rings. The lowest BCUT2D eigenvalue weighted by Gasteiger charge is -2.22. The molecule has 0 saturated carbocycles. The van der Waals surface area contributed by atoms with Gasteiger partial charge in [-0.15, -0.1) is 0 Å². The average Bonchev–Trinajstić information content (AvgIpc) is 2.67. The zero-order chi connectivity index (χ0) is 18.9. The molecule has 1 aromatic rings. The minimum absolute atomic E-state index is 1.10. The highest BCUT2D eigenvalue weighted by Gasteiger charge is 2.06. The maximum Gasteiger partial charge on any atom is 0.0233 e. The van der Waals surface area contributed by atoms with Gasteiger partial charge in [0.25, 0.3) is 0 Å². The number of hydrogen-bond acceptors (Lipinski definition) is 1. The fourth-order valence-corrected chi connectivity index (χ4v) is 3.52. The number of rotatable bonds is 17. The molecule has 0 bridgehead atoms. The summed E-state index contributed by atoms with van der Waals surface area (Å²) < 4.78 is 0. The van der Waals surface area contributed by atoms with Crippen LogP contribution in [0.15, 0.2) is 30.8 Å². The minimum atomic E-state index is 1.10. The molecule has 0 aliphatic rings. The topological polar surface area (TPSA) is 3.24 Å². The second kappa shape index (κ2) is 16.1. The largest absolute Gasteiger partial charge is 0.299 e. The first kappa shape index (κ1) is 23.0. The Labute approximate surface area is 163 Å². The van der Waals surface area contributed by atoms with Crippen molar-refractivity contribution >= 4 is 6.08 Å². The van der Waals surface area contributed by atoms with Crippen molar-refractivity contribution in [3.63, 3.8) is 0 Å². The molecule has 0 radical (unpaired) electrons. The van der Waals surface area contributed by atoms with Crippen molar-refractivity contribution in [1.29, 1.82) is 0 Å². The zero-order valence-electron chi connectivity index (χ0n) is 17.6. The Kier molecular flexibility index (Phi) is 14.2. The lowest BCUT2D eigenvalue weighted by atomic mass is 10.1. The minimum Gasteiger partial charge on any atom is -0.299 e. The van der Waals surface area contributed by atoms with E-state index in [1.807, 2.05) is 6.08 Å². The van der Waals surface area contributed by atoms with Crippen LogP contribution < -0.4 is 0 Å². The lowest BCUT2D eigenvalue weighted by Crippen LogP contribution is -2.25. The van der Waals surface area contributed by atoms with E-state index >= 15 is 0 Å². The summed E-state index contributed by atoms with van der Waals surface area (Å²) in [6.45, 7) is 12.0. The van der Waals surface area contributed by atoms with E-state index in [-0.39, 0.29) is 0 Å². The third-order valence-corrected chi connectivity index (χ3v) is 5.28. The maximum atomic E-state index is 3.85. The van der Waals surface area contributed by atoms with Gasteiger partial charge < -0.3 is 0 Å². The molecule has 1 heteroatoms. The molecule has 26 heavy (non-hydrogen) atoms. The van der Waals surface area contributed by atoms with E-state index in [1.165, 1.54) is 101 Å². The van der Waals surface area contributed by atoms with Gasteiger partial charge in [0, 0.05) is 6.54 Å². The lowest BCUT2D eigenvalue weighted by molar-refractivity contribution is 0.252. The SMILES string of the molecule is C=Cc1ccc(CN(CCCCCCCC)CCCCCCCC)cc1. The molecule has 0 spiro atoms. The van der Waals surface area contributed by atoms with E-state index in [9.17, 15) is 0 Å². The number of unbranched alkanes of at least 4 members (excludes halogenated alkanes) is 10. The van der Waals surface area contributed by atoms with Crippen LogP contribution >= 0.6 is 0 Å². The Morgan fingerprint density at radius 2 is 1.15 bits per heavy atom. The summed E-state index contributed by atoms with van der Waals surface area (Å²) in [5, 5.41) is 0. The molecule has 1 aromatic carbocycles. The smallest absolute Gasteiger partial charge is 0.0233 e. The van der Waals surface area contributed by atoms with Crippen molar-refractivity contribution in [2.75, 3.05) is 13.1 Å². The number of benzene rings is 1. The molecule has 0 atom stereocenters. The van der Waals surface area contributed by atoms with Crippen LogP contribution in [0.3, 0.4) is 0 Å². The molecular formula is C25H43N. The molecule has 0 amide bonds. The molecule has 0 unspecified atom stereocenters. The predicted molar refractivity (Wildman–Crippen MR) is 119 cm³/mol. The second-order valence-electron chi connectivity index (χ2n) is 7.76. The van der Waals surface area contributed by atoms with Gasteiger partial charge in [0.2, 0.25) is 0 Å². The quantitative estimate of drug-likeness (QED) is 0.256. The van der Waals surface area contributed by atoms with Crippen LogP contribution in [0.4, 0.5) is 0 Å². The van der Waals surface area contributed by atoms with Gasteiger partial charge in [-0.3, -0.25) is 4.90 Å². The third-order valence-electron chi connectivity index (χ3n) is 5.28. The maximum absolute atomic E-state index is 3.85. The van der Waals surface area contributed by atoms with Crippen molar-refractivity contribution in [3.05, 3.63) is 42.0 Å². The van der Waals surface area contributed by atoms with Gasteiger partial charge >= 0.3 is 0 Å². The Hall–Kier alpha value is -1.08. The summed E-state index contributed by atoms with van der Waals surface area (Å²) >= 11 is 0. The molecular weight excluding hydrogens is 314 g/mol. The fraction of sp³-hybridized carbons (Fsp3) is 0.680. The number of nitrogens with zero attached hydrogens (tertiary/aromatic N) is 1. The van der Waals surface area contributed by atoms with Gasteiger partial charge in [-0.05, 0) is 37.1 Å². The van der Waals surface area contributed by atoms with Gasteiger partial charge in [-0.25, -0.2) is 0 Å². The zero-order valence-corrected chi connectivity index (χ0v) is 17.6. The average molecular weight is 358 g/mol. The Morgan fingerprint density at radius 1 is 0.692 bits per heavy atom. The van der Waals surface area contributed by atoms with Gasteiger partial charge in [0.05, 0.1) is 0 Å². The summed E-state index contributed by atoms with van der Waals surface area (Å²) in [6, 6.07) is 8.92. The van der Waals surface area contributed by atoms with Crippen molar-refractivity contribution < 1.29 is 0 Å². The second-order valence-corrected chi connectivity index (χ2v) is 7.76. The van der Waals surface area contributed by atoms with Gasteiger partial charge in [0.15, 0.2) is 0 Å². The van der Waals surface area contributed by atoms with Crippen LogP contribution in [0.1, 0.15) is 102 Å². The van der Waals surface area contributed by atoms with E-state index in [4.69, 9.17) is 0 Å². The summed E-state index contributed by atoms with van der Waals surface area (Å²) in [7, 11) is 0. The molecule has 148 valence electrons. The Bertz CT molecular complexity index is 418. The summed E-state index contributed by atoms with van der Waals surface area (Å²) in [5.41, 5.74) is 2.65. The highest BCUT2D eigenvalue weighted by Crippen LogP contribution is 2.13. The first-order valence-corrected chi connectivity index (χ1v) is 11.2. The Morgan fingerprint density at radius 3 is 1.62 bits per heavy atom. The summed E-state index contributed by atoms with van der Waals surface area (Å²) in [4.78, 5) is 2.68. The Balaban J connectivity index is 2.36. The third kappa shape index (κ3) is 11.5. The first-order valence-electron chi connectivity index (χ1n) is 11.2. The van der Waals surface area contributed by atoms with E-state index < -0.39 is 0 Å². The predicted octanol–water partition coefficient (Wildman–Crippen LogP) is 7.85. The van der Waals surface area contributed by atoms with E-state index in [0.29, 0.717) is 0 Å². The van der Waals surface area contributed by atoms with Crippen LogP contribution in [0.25, 0.3) is 6.08 Å². The van der Waals surface area contributed by atoms with E-state index in [0.717, 1.165) is 6.54 Å². The van der Waals surface area contributed by atoms with Crippen LogP contribution in [0, 0.1) is 0 Å². The fourth-order valence-electron chi connectivity index (χ4n) is 3.52. The van der Waals surface area contributed by atoms with Crippen LogP contribution in [0.5, 0.6) is 0 Å². The molecule has 0 heterocycles. The molecule has 1 nitrogen and oxygen atoms in total. The van der Waals surface area contributed by atoms with Crippen molar-refractivity contribution in [1.82, 2.24) is 4.90 Å². The molecule has 0 aromatic heterocycles. The van der Waals surface area contributed by atoms with Crippen molar-refractivity contribution in [2.24, 2.45) is 0 Å². The standard InChI is InChI=1S/C25H43N/c1-4-7-9-11-13-15-21-26(22-16-14-12-10-8-5-2)23-25-19-17-24(6-3)18-20-25/h6,17-20H,3-5,7-16,21-23H2,1-2H3. The molecule has 0 saturated heterocycles.